The molecule has 1 heterocycles. The molecule has 0 aromatic heterocycles. The van der Waals surface area contributed by atoms with Crippen LogP contribution in [-0.2, 0) is 4.74 Å². The first-order valence-corrected chi connectivity index (χ1v) is 9.21. The van der Waals surface area contributed by atoms with Crippen LogP contribution in [0.25, 0.3) is 0 Å². The quantitative estimate of drug-likeness (QED) is 0.405. The third-order valence-electron chi connectivity index (χ3n) is 4.64. The Morgan fingerprint density at radius 1 is 1.14 bits per heavy atom. The predicted molar refractivity (Wildman–Crippen MR) is 104 cm³/mol. The van der Waals surface area contributed by atoms with Gasteiger partial charge in [-0.25, -0.2) is 4.79 Å². The van der Waals surface area contributed by atoms with E-state index in [1.54, 1.807) is 23.1 Å². The van der Waals surface area contributed by atoms with E-state index >= 15 is 0 Å². The van der Waals surface area contributed by atoms with E-state index in [9.17, 15) is 19.7 Å². The van der Waals surface area contributed by atoms with E-state index in [1.807, 2.05) is 0 Å². The van der Waals surface area contributed by atoms with Gasteiger partial charge in [-0.15, -0.1) is 0 Å². The van der Waals surface area contributed by atoms with E-state index in [0.29, 0.717) is 16.6 Å². The lowest BCUT2D eigenvalue weighted by atomic mass is 10.0. The number of carbonyl (C=O) groups is 2. The van der Waals surface area contributed by atoms with Gasteiger partial charge in [0.15, 0.2) is 0 Å². The molecule has 0 bridgehead atoms. The second-order valence-corrected chi connectivity index (χ2v) is 7.16. The zero-order valence-corrected chi connectivity index (χ0v) is 16.4. The molecule has 0 spiro atoms. The number of rotatable bonds is 4. The van der Waals surface area contributed by atoms with Crippen LogP contribution in [0.3, 0.4) is 0 Å². The van der Waals surface area contributed by atoms with E-state index in [1.165, 1.54) is 19.2 Å². The number of esters is 1. The molecule has 1 aliphatic heterocycles. The normalized spacial score (nSPS) is 16.1. The maximum absolute atomic E-state index is 13.1. The molecule has 0 aliphatic carbocycles. The van der Waals surface area contributed by atoms with Crippen LogP contribution in [0.5, 0.6) is 0 Å². The van der Waals surface area contributed by atoms with Crippen molar-refractivity contribution >= 4 is 40.8 Å². The third kappa shape index (κ3) is 3.95. The number of hydrogen-bond acceptors (Lipinski definition) is 5. The number of amides is 1. The van der Waals surface area contributed by atoms with Crippen molar-refractivity contribution in [2.75, 3.05) is 13.7 Å². The maximum Gasteiger partial charge on any atom is 0.338 e. The minimum absolute atomic E-state index is 0.0506. The molecule has 0 radical (unpaired) electrons. The zero-order valence-electron chi connectivity index (χ0n) is 14.9. The average molecular weight is 423 g/mol. The molecule has 1 aliphatic rings. The number of nitro benzene ring substituents is 1. The molecule has 1 atom stereocenters. The van der Waals surface area contributed by atoms with Crippen molar-refractivity contribution in [1.82, 2.24) is 4.90 Å². The summed E-state index contributed by atoms with van der Waals surface area (Å²) in [6.45, 7) is 0.486. The summed E-state index contributed by atoms with van der Waals surface area (Å²) in [6.07, 6.45) is 1.50. The first-order chi connectivity index (χ1) is 13.3. The molecule has 3 rings (SSSR count). The highest BCUT2D eigenvalue weighted by Crippen LogP contribution is 2.36. The Bertz CT molecular complexity index is 963. The second-order valence-electron chi connectivity index (χ2n) is 6.35. The summed E-state index contributed by atoms with van der Waals surface area (Å²) in [7, 11) is 1.17. The van der Waals surface area contributed by atoms with Gasteiger partial charge in [-0.1, -0.05) is 29.3 Å². The summed E-state index contributed by atoms with van der Waals surface area (Å²) in [6, 6.07) is 8.52. The molecule has 2 aromatic rings. The fourth-order valence-electron chi connectivity index (χ4n) is 3.32. The summed E-state index contributed by atoms with van der Waals surface area (Å²) in [5.74, 6) is -1.15. The fourth-order valence-corrected chi connectivity index (χ4v) is 3.62. The van der Waals surface area contributed by atoms with Crippen molar-refractivity contribution in [3.05, 3.63) is 73.2 Å². The molecule has 28 heavy (non-hydrogen) atoms. The number of non-ortho nitro benzene ring substituents is 1. The molecule has 7 nitrogen and oxygen atoms in total. The molecular weight excluding hydrogens is 407 g/mol. The highest BCUT2D eigenvalue weighted by molar-refractivity contribution is 6.42. The number of halogens is 2. The van der Waals surface area contributed by atoms with Gasteiger partial charge in [-0.2, -0.15) is 0 Å². The van der Waals surface area contributed by atoms with Crippen LogP contribution in [0.15, 0.2) is 36.4 Å². The number of nitro groups is 1. The minimum atomic E-state index is -0.750. The molecule has 2 aromatic carbocycles. The predicted octanol–water partition coefficient (Wildman–Crippen LogP) is 4.67. The van der Waals surface area contributed by atoms with Crippen LogP contribution < -0.4 is 0 Å². The van der Waals surface area contributed by atoms with Crippen molar-refractivity contribution in [3.8, 4) is 0 Å². The maximum atomic E-state index is 13.1. The van der Waals surface area contributed by atoms with Crippen LogP contribution in [0.4, 0.5) is 5.69 Å². The van der Waals surface area contributed by atoms with Gasteiger partial charge in [0.25, 0.3) is 11.6 Å². The first kappa shape index (κ1) is 20.1. The monoisotopic (exact) mass is 422 g/mol. The van der Waals surface area contributed by atoms with E-state index < -0.39 is 16.8 Å². The molecule has 1 unspecified atom stereocenters. The number of ether oxygens (including phenoxy) is 1. The third-order valence-corrected chi connectivity index (χ3v) is 5.38. The lowest BCUT2D eigenvalue weighted by Crippen LogP contribution is -2.30. The molecule has 0 saturated carbocycles. The van der Waals surface area contributed by atoms with Crippen LogP contribution >= 0.6 is 23.2 Å². The van der Waals surface area contributed by atoms with Crippen molar-refractivity contribution < 1.29 is 19.2 Å². The van der Waals surface area contributed by atoms with Gasteiger partial charge in [0, 0.05) is 24.2 Å². The number of hydrogen-bond donors (Lipinski definition) is 0. The van der Waals surface area contributed by atoms with Crippen LogP contribution in [0, 0.1) is 10.1 Å². The lowest BCUT2D eigenvalue weighted by molar-refractivity contribution is -0.384. The van der Waals surface area contributed by atoms with Crippen LogP contribution in [-0.4, -0.2) is 35.4 Å². The Kier molecular flexibility index (Phi) is 5.86. The second kappa shape index (κ2) is 8.16. The van der Waals surface area contributed by atoms with E-state index in [2.05, 4.69) is 4.74 Å². The van der Waals surface area contributed by atoms with E-state index in [4.69, 9.17) is 23.2 Å². The molecule has 0 N–H and O–H groups in total. The summed E-state index contributed by atoms with van der Waals surface area (Å²) in [4.78, 5) is 37.1. The number of carbonyl (C=O) groups excluding carboxylic acids is 2. The highest BCUT2D eigenvalue weighted by Gasteiger charge is 2.32. The largest absolute Gasteiger partial charge is 0.465 e. The van der Waals surface area contributed by atoms with Crippen molar-refractivity contribution in [3.63, 3.8) is 0 Å². The smallest absolute Gasteiger partial charge is 0.338 e. The lowest BCUT2D eigenvalue weighted by Gasteiger charge is -2.25. The number of methoxy groups -OCH3 is 1. The van der Waals surface area contributed by atoms with E-state index in [-0.39, 0.29) is 22.9 Å². The van der Waals surface area contributed by atoms with Crippen LogP contribution in [0.2, 0.25) is 10.0 Å². The van der Waals surface area contributed by atoms with Crippen molar-refractivity contribution in [1.29, 1.82) is 0 Å². The number of likely N-dealkylation sites (tertiary alicyclic amines) is 1. The highest BCUT2D eigenvalue weighted by atomic mass is 35.5. The molecule has 1 amide bonds. The summed E-state index contributed by atoms with van der Waals surface area (Å²) in [5.41, 5.74) is 0.488. The molecule has 146 valence electrons. The molecule has 9 heteroatoms. The minimum Gasteiger partial charge on any atom is -0.465 e. The SMILES string of the molecule is COC(=O)c1cc(C(=O)N2CCCC2c2ccc(Cl)c(Cl)c2)cc([N+](=O)[O-])c1. The zero-order chi connectivity index (χ0) is 20.4. The Balaban J connectivity index is 1.98. The summed E-state index contributed by atoms with van der Waals surface area (Å²) >= 11 is 12.1. The Morgan fingerprint density at radius 2 is 1.86 bits per heavy atom. The molecule has 1 saturated heterocycles. The van der Waals surface area contributed by atoms with Crippen molar-refractivity contribution in [2.24, 2.45) is 0 Å². The Labute approximate surface area is 170 Å². The van der Waals surface area contributed by atoms with Gasteiger partial charge in [-0.05, 0) is 36.6 Å². The van der Waals surface area contributed by atoms with Gasteiger partial charge in [0.2, 0.25) is 0 Å². The average Bonchev–Trinajstić information content (AvgIpc) is 3.18. The Morgan fingerprint density at radius 3 is 2.50 bits per heavy atom. The van der Waals surface area contributed by atoms with Gasteiger partial charge in [0.05, 0.1) is 33.7 Å². The molecule has 1 fully saturated rings. The number of nitrogens with zero attached hydrogens (tertiary/aromatic N) is 2. The number of benzene rings is 2. The Hall–Kier alpha value is -2.64. The fraction of sp³-hybridized carbons (Fsp3) is 0.263. The summed E-state index contributed by atoms with van der Waals surface area (Å²) in [5, 5.41) is 12.0. The van der Waals surface area contributed by atoms with Gasteiger partial charge < -0.3 is 9.64 Å². The summed E-state index contributed by atoms with van der Waals surface area (Å²) < 4.78 is 4.63. The molecular formula is C19H16Cl2N2O5. The van der Waals surface area contributed by atoms with Crippen LogP contribution in [0.1, 0.15) is 45.2 Å². The van der Waals surface area contributed by atoms with Gasteiger partial charge in [0.1, 0.15) is 0 Å². The standard InChI is InChI=1S/C19H16Cl2N2O5/c1-28-19(25)13-7-12(8-14(9-13)23(26)27)18(24)22-6-2-3-17(22)11-4-5-15(20)16(21)10-11/h4-5,7-10,17H,2-3,6H2,1H3. The van der Waals surface area contributed by atoms with Gasteiger partial charge in [-0.3, -0.25) is 14.9 Å². The van der Waals surface area contributed by atoms with Gasteiger partial charge >= 0.3 is 5.97 Å². The first-order valence-electron chi connectivity index (χ1n) is 8.45. The van der Waals surface area contributed by atoms with E-state index in [0.717, 1.165) is 24.5 Å². The van der Waals surface area contributed by atoms with Crippen molar-refractivity contribution in [2.45, 2.75) is 18.9 Å². The topological polar surface area (TPSA) is 89.8 Å².